The number of carbonyl (C=O) groups is 1. The zero-order chi connectivity index (χ0) is 16.4. The van der Waals surface area contributed by atoms with E-state index in [1.807, 2.05) is 0 Å². The highest BCUT2D eigenvalue weighted by Crippen LogP contribution is 2.28. The molecule has 1 aliphatic heterocycles. The van der Waals surface area contributed by atoms with Gasteiger partial charge in [0.1, 0.15) is 11.6 Å². The Morgan fingerprint density at radius 3 is 2.83 bits per heavy atom. The SMILES string of the molecule is O=C1NCCn2c(CCNc3ccc(C(F)(F)F)cn3)nnc21. The summed E-state index contributed by atoms with van der Waals surface area (Å²) in [4.78, 5) is 15.3. The maximum Gasteiger partial charge on any atom is 0.417 e. The number of anilines is 1. The maximum absolute atomic E-state index is 12.4. The average Bonchev–Trinajstić information content (AvgIpc) is 2.92. The summed E-state index contributed by atoms with van der Waals surface area (Å²) in [6.07, 6.45) is -3.14. The molecule has 0 saturated carbocycles. The van der Waals surface area contributed by atoms with Gasteiger partial charge in [-0.25, -0.2) is 4.98 Å². The molecule has 2 aromatic heterocycles. The van der Waals surface area contributed by atoms with Crippen molar-refractivity contribution < 1.29 is 18.0 Å². The lowest BCUT2D eigenvalue weighted by molar-refractivity contribution is -0.137. The number of amides is 1. The number of halogens is 3. The largest absolute Gasteiger partial charge is 0.417 e. The van der Waals surface area contributed by atoms with Crippen molar-refractivity contribution in [1.29, 1.82) is 0 Å². The number of fused-ring (bicyclic) bond motifs is 1. The molecule has 7 nitrogen and oxygen atoms in total. The van der Waals surface area contributed by atoms with Crippen LogP contribution in [0.25, 0.3) is 0 Å². The fourth-order valence-corrected chi connectivity index (χ4v) is 2.25. The van der Waals surface area contributed by atoms with Crippen LogP contribution in [0.2, 0.25) is 0 Å². The van der Waals surface area contributed by atoms with Crippen LogP contribution in [-0.4, -0.2) is 38.7 Å². The fourth-order valence-electron chi connectivity index (χ4n) is 2.25. The number of carbonyl (C=O) groups excluding carboxylic acids is 1. The van der Waals surface area contributed by atoms with Gasteiger partial charge in [0.2, 0.25) is 5.82 Å². The highest BCUT2D eigenvalue weighted by molar-refractivity contribution is 5.91. The molecule has 0 atom stereocenters. The molecule has 0 saturated heterocycles. The van der Waals surface area contributed by atoms with Crippen LogP contribution >= 0.6 is 0 Å². The molecule has 0 aliphatic carbocycles. The van der Waals surface area contributed by atoms with E-state index in [9.17, 15) is 18.0 Å². The first-order valence-corrected chi connectivity index (χ1v) is 6.92. The van der Waals surface area contributed by atoms with Crippen LogP contribution in [0.3, 0.4) is 0 Å². The number of hydrogen-bond donors (Lipinski definition) is 2. The molecule has 1 aliphatic rings. The van der Waals surface area contributed by atoms with Gasteiger partial charge in [0.15, 0.2) is 0 Å². The Balaban J connectivity index is 1.59. The molecule has 122 valence electrons. The van der Waals surface area contributed by atoms with Crippen LogP contribution in [0, 0.1) is 0 Å². The predicted molar refractivity (Wildman–Crippen MR) is 73.8 cm³/mol. The van der Waals surface area contributed by atoms with Crippen molar-refractivity contribution in [1.82, 2.24) is 25.1 Å². The van der Waals surface area contributed by atoms with Gasteiger partial charge < -0.3 is 15.2 Å². The van der Waals surface area contributed by atoms with Crippen LogP contribution in [0.5, 0.6) is 0 Å². The zero-order valence-corrected chi connectivity index (χ0v) is 11.9. The van der Waals surface area contributed by atoms with Gasteiger partial charge in [0.05, 0.1) is 5.56 Å². The molecule has 0 fully saturated rings. The summed E-state index contributed by atoms with van der Waals surface area (Å²) in [5.74, 6) is 1.01. The van der Waals surface area contributed by atoms with Gasteiger partial charge >= 0.3 is 6.18 Å². The molecule has 0 bridgehead atoms. The van der Waals surface area contributed by atoms with Crippen LogP contribution in [0.1, 0.15) is 22.0 Å². The van der Waals surface area contributed by atoms with E-state index in [4.69, 9.17) is 0 Å². The van der Waals surface area contributed by atoms with Gasteiger partial charge in [0.25, 0.3) is 5.91 Å². The number of pyridine rings is 1. The van der Waals surface area contributed by atoms with E-state index in [-0.39, 0.29) is 11.7 Å². The molecule has 23 heavy (non-hydrogen) atoms. The highest BCUT2D eigenvalue weighted by Gasteiger charge is 2.30. The van der Waals surface area contributed by atoms with Crippen molar-refractivity contribution in [3.8, 4) is 0 Å². The van der Waals surface area contributed by atoms with Crippen molar-refractivity contribution in [2.24, 2.45) is 0 Å². The maximum atomic E-state index is 12.4. The second kappa shape index (κ2) is 5.86. The summed E-state index contributed by atoms with van der Waals surface area (Å²) in [6.45, 7) is 1.53. The molecule has 2 aromatic rings. The Bertz CT molecular complexity index is 709. The standard InChI is InChI=1S/C13H13F3N6O/c14-13(15,16)8-1-2-9(19-7-8)17-4-3-10-20-21-11-12(23)18-5-6-22(10)11/h1-2,7H,3-6H2,(H,17,19)(H,18,23). The van der Waals surface area contributed by atoms with Crippen molar-refractivity contribution in [2.75, 3.05) is 18.4 Å². The molecular weight excluding hydrogens is 313 g/mol. The summed E-state index contributed by atoms with van der Waals surface area (Å²) < 4.78 is 39.1. The Morgan fingerprint density at radius 2 is 2.13 bits per heavy atom. The van der Waals surface area contributed by atoms with Crippen molar-refractivity contribution in [3.63, 3.8) is 0 Å². The van der Waals surface area contributed by atoms with E-state index < -0.39 is 11.7 Å². The number of nitrogens with zero attached hydrogens (tertiary/aromatic N) is 4. The van der Waals surface area contributed by atoms with E-state index in [0.29, 0.717) is 37.7 Å². The lowest BCUT2D eigenvalue weighted by atomic mass is 10.3. The first-order chi connectivity index (χ1) is 10.9. The summed E-state index contributed by atoms with van der Waals surface area (Å²) >= 11 is 0. The molecule has 3 rings (SSSR count). The monoisotopic (exact) mass is 326 g/mol. The van der Waals surface area contributed by atoms with Gasteiger partial charge in [-0.05, 0) is 12.1 Å². The topological polar surface area (TPSA) is 84.7 Å². The Labute approximate surface area is 128 Å². The smallest absolute Gasteiger partial charge is 0.370 e. The average molecular weight is 326 g/mol. The minimum Gasteiger partial charge on any atom is -0.370 e. The molecule has 1 amide bonds. The zero-order valence-electron chi connectivity index (χ0n) is 11.9. The third-order valence-corrected chi connectivity index (χ3v) is 3.40. The normalized spacial score (nSPS) is 14.3. The second-order valence-corrected chi connectivity index (χ2v) is 4.95. The minimum atomic E-state index is -4.40. The van der Waals surface area contributed by atoms with E-state index in [2.05, 4.69) is 25.8 Å². The predicted octanol–water partition coefficient (Wildman–Crippen LogP) is 1.09. The number of hydrogen-bond acceptors (Lipinski definition) is 5. The van der Waals surface area contributed by atoms with Crippen LogP contribution in [-0.2, 0) is 19.1 Å². The van der Waals surface area contributed by atoms with Crippen LogP contribution in [0.4, 0.5) is 19.0 Å². The van der Waals surface area contributed by atoms with Gasteiger partial charge in [-0.1, -0.05) is 0 Å². The minimum absolute atomic E-state index is 0.257. The second-order valence-electron chi connectivity index (χ2n) is 4.95. The molecule has 2 N–H and O–H groups in total. The van der Waals surface area contributed by atoms with Crippen molar-refractivity contribution in [2.45, 2.75) is 19.1 Å². The van der Waals surface area contributed by atoms with Gasteiger partial charge in [0, 0.05) is 32.3 Å². The van der Waals surface area contributed by atoms with Crippen LogP contribution in [0.15, 0.2) is 18.3 Å². The number of aromatic nitrogens is 4. The molecule has 0 radical (unpaired) electrons. The van der Waals surface area contributed by atoms with Crippen molar-refractivity contribution >= 4 is 11.7 Å². The highest BCUT2D eigenvalue weighted by atomic mass is 19.4. The third kappa shape index (κ3) is 3.25. The molecule has 0 spiro atoms. The van der Waals surface area contributed by atoms with Gasteiger partial charge in [-0.15, -0.1) is 10.2 Å². The third-order valence-electron chi connectivity index (χ3n) is 3.40. The Hall–Kier alpha value is -2.65. The number of nitrogens with one attached hydrogen (secondary N) is 2. The first kappa shape index (κ1) is 15.3. The summed E-state index contributed by atoms with van der Waals surface area (Å²) in [7, 11) is 0. The quantitative estimate of drug-likeness (QED) is 0.879. The molecule has 0 unspecified atom stereocenters. The number of rotatable bonds is 4. The van der Waals surface area contributed by atoms with E-state index in [0.717, 1.165) is 12.3 Å². The molecule has 3 heterocycles. The Kier molecular flexibility index (Phi) is 3.89. The van der Waals surface area contributed by atoms with Gasteiger partial charge in [-0.3, -0.25) is 4.79 Å². The molecular formula is C13H13F3N6O. The van der Waals surface area contributed by atoms with Crippen molar-refractivity contribution in [3.05, 3.63) is 35.5 Å². The Morgan fingerprint density at radius 1 is 1.30 bits per heavy atom. The lowest BCUT2D eigenvalue weighted by Gasteiger charge is -2.15. The summed E-state index contributed by atoms with van der Waals surface area (Å²) in [6, 6.07) is 2.24. The fraction of sp³-hybridized carbons (Fsp3) is 0.385. The molecule has 0 aromatic carbocycles. The van der Waals surface area contributed by atoms with Crippen LogP contribution < -0.4 is 10.6 Å². The lowest BCUT2D eigenvalue weighted by Crippen LogP contribution is -2.36. The number of alkyl halides is 3. The molecule has 10 heteroatoms. The van der Waals surface area contributed by atoms with E-state index >= 15 is 0 Å². The summed E-state index contributed by atoms with van der Waals surface area (Å²) in [5, 5.41) is 13.4. The summed E-state index contributed by atoms with van der Waals surface area (Å²) in [5.41, 5.74) is -0.791. The van der Waals surface area contributed by atoms with E-state index in [1.54, 1.807) is 4.57 Å². The first-order valence-electron chi connectivity index (χ1n) is 6.92. The van der Waals surface area contributed by atoms with E-state index in [1.165, 1.54) is 6.07 Å². The van der Waals surface area contributed by atoms with Gasteiger partial charge in [-0.2, -0.15) is 13.2 Å².